The first-order chi connectivity index (χ1) is 8.56. The van der Waals surface area contributed by atoms with E-state index in [2.05, 4.69) is 22.2 Å². The van der Waals surface area contributed by atoms with Crippen LogP contribution in [-0.4, -0.2) is 41.0 Å². The fraction of sp³-hybridized carbons (Fsp3) is 0.583. The van der Waals surface area contributed by atoms with E-state index in [4.69, 9.17) is 0 Å². The lowest BCUT2D eigenvalue weighted by Gasteiger charge is -2.29. The van der Waals surface area contributed by atoms with Crippen molar-refractivity contribution in [1.82, 2.24) is 9.88 Å². The summed E-state index contributed by atoms with van der Waals surface area (Å²) in [6.45, 7) is 3.83. The fourth-order valence-electron chi connectivity index (χ4n) is 2.15. The van der Waals surface area contributed by atoms with Crippen LogP contribution in [0, 0.1) is 17.0 Å². The topological polar surface area (TPSA) is 71.3 Å². The molecule has 6 nitrogen and oxygen atoms in total. The van der Waals surface area contributed by atoms with Gasteiger partial charge in [0.15, 0.2) is 0 Å². The van der Waals surface area contributed by atoms with Crippen LogP contribution in [0.2, 0.25) is 0 Å². The van der Waals surface area contributed by atoms with E-state index in [0.717, 1.165) is 31.5 Å². The monoisotopic (exact) mass is 250 g/mol. The fourth-order valence-corrected chi connectivity index (χ4v) is 2.15. The molecule has 0 unspecified atom stereocenters. The molecule has 0 bridgehead atoms. The van der Waals surface area contributed by atoms with E-state index in [0.29, 0.717) is 5.82 Å². The van der Waals surface area contributed by atoms with Crippen LogP contribution in [0.5, 0.6) is 0 Å². The van der Waals surface area contributed by atoms with Crippen molar-refractivity contribution in [1.29, 1.82) is 0 Å². The average molecular weight is 250 g/mol. The van der Waals surface area contributed by atoms with Gasteiger partial charge in [-0.15, -0.1) is 0 Å². The van der Waals surface area contributed by atoms with Crippen molar-refractivity contribution in [2.45, 2.75) is 25.8 Å². The molecule has 98 valence electrons. The van der Waals surface area contributed by atoms with E-state index in [-0.39, 0.29) is 16.7 Å². The van der Waals surface area contributed by atoms with Gasteiger partial charge in [-0.3, -0.25) is 10.1 Å². The minimum atomic E-state index is -0.378. The van der Waals surface area contributed by atoms with E-state index < -0.39 is 0 Å². The van der Waals surface area contributed by atoms with Crippen LogP contribution in [-0.2, 0) is 0 Å². The molecule has 0 aromatic carbocycles. The Morgan fingerprint density at radius 2 is 2.17 bits per heavy atom. The predicted octanol–water partition coefficient (Wildman–Crippen LogP) is 1.80. The molecule has 1 N–H and O–H groups in total. The molecule has 1 fully saturated rings. The summed E-state index contributed by atoms with van der Waals surface area (Å²) in [7, 11) is 2.09. The lowest BCUT2D eigenvalue weighted by molar-refractivity contribution is -0.384. The summed E-state index contributed by atoms with van der Waals surface area (Å²) in [6.07, 6.45) is 3.64. The van der Waals surface area contributed by atoms with Crippen molar-refractivity contribution in [3.05, 3.63) is 27.9 Å². The summed E-state index contributed by atoms with van der Waals surface area (Å²) in [5, 5.41) is 14.2. The number of rotatable bonds is 3. The van der Waals surface area contributed by atoms with Gasteiger partial charge in [0.05, 0.1) is 4.92 Å². The Labute approximate surface area is 106 Å². The van der Waals surface area contributed by atoms with E-state index in [9.17, 15) is 10.1 Å². The molecular weight excluding hydrogens is 232 g/mol. The van der Waals surface area contributed by atoms with Crippen LogP contribution in [0.4, 0.5) is 11.5 Å². The van der Waals surface area contributed by atoms with Crippen molar-refractivity contribution in [2.24, 2.45) is 0 Å². The largest absolute Gasteiger partial charge is 0.362 e. The molecule has 1 aromatic heterocycles. The Morgan fingerprint density at radius 3 is 2.78 bits per heavy atom. The quantitative estimate of drug-likeness (QED) is 0.654. The molecule has 2 rings (SSSR count). The summed E-state index contributed by atoms with van der Waals surface area (Å²) in [5.41, 5.74) is 0.865. The number of hydrogen-bond acceptors (Lipinski definition) is 5. The van der Waals surface area contributed by atoms with E-state index in [1.165, 1.54) is 0 Å². The first-order valence-corrected chi connectivity index (χ1v) is 6.12. The Bertz CT molecular complexity index is 442. The molecule has 0 radical (unpaired) electrons. The first kappa shape index (κ1) is 12.8. The molecule has 1 aromatic rings. The van der Waals surface area contributed by atoms with Gasteiger partial charge in [-0.2, -0.15) is 0 Å². The van der Waals surface area contributed by atoms with Gasteiger partial charge in [-0.1, -0.05) is 0 Å². The third-order valence-electron chi connectivity index (χ3n) is 3.26. The second-order valence-electron chi connectivity index (χ2n) is 4.86. The van der Waals surface area contributed by atoms with Crippen LogP contribution in [0.15, 0.2) is 12.3 Å². The average Bonchev–Trinajstić information content (AvgIpc) is 2.34. The van der Waals surface area contributed by atoms with Crippen LogP contribution in [0.25, 0.3) is 0 Å². The third-order valence-corrected chi connectivity index (χ3v) is 3.26. The highest BCUT2D eigenvalue weighted by molar-refractivity contribution is 5.57. The molecular formula is C12H18N4O2. The number of aryl methyl sites for hydroxylation is 1. The van der Waals surface area contributed by atoms with E-state index in [1.807, 2.05) is 0 Å². The number of nitrogens with one attached hydrogen (secondary N) is 1. The molecule has 2 heterocycles. The Balaban J connectivity index is 2.11. The van der Waals surface area contributed by atoms with Crippen LogP contribution < -0.4 is 5.32 Å². The van der Waals surface area contributed by atoms with Gasteiger partial charge in [0.2, 0.25) is 5.82 Å². The highest BCUT2D eigenvalue weighted by atomic mass is 16.6. The van der Waals surface area contributed by atoms with Crippen molar-refractivity contribution in [3.8, 4) is 0 Å². The van der Waals surface area contributed by atoms with Gasteiger partial charge in [-0.25, -0.2) is 4.98 Å². The Kier molecular flexibility index (Phi) is 3.76. The molecule has 18 heavy (non-hydrogen) atoms. The van der Waals surface area contributed by atoms with Gasteiger partial charge >= 0.3 is 5.69 Å². The zero-order valence-electron chi connectivity index (χ0n) is 10.7. The maximum absolute atomic E-state index is 11.0. The number of aromatic nitrogens is 1. The standard InChI is InChI=1S/C12H18N4O2/c1-9-7-11(16(17)18)12(13-8-9)14-10-3-5-15(2)6-4-10/h7-8,10H,3-6H2,1-2H3,(H,13,14). The molecule has 6 heteroatoms. The van der Waals surface area contributed by atoms with Gasteiger partial charge in [0.25, 0.3) is 0 Å². The Hall–Kier alpha value is -1.69. The number of hydrogen-bond donors (Lipinski definition) is 1. The van der Waals surface area contributed by atoms with E-state index >= 15 is 0 Å². The molecule has 1 aliphatic heterocycles. The normalized spacial score (nSPS) is 17.7. The highest BCUT2D eigenvalue weighted by Crippen LogP contribution is 2.24. The summed E-state index contributed by atoms with van der Waals surface area (Å²) < 4.78 is 0. The first-order valence-electron chi connectivity index (χ1n) is 6.12. The van der Waals surface area contributed by atoms with Crippen LogP contribution in [0.1, 0.15) is 18.4 Å². The van der Waals surface area contributed by atoms with Crippen molar-refractivity contribution in [3.63, 3.8) is 0 Å². The summed E-state index contributed by atoms with van der Waals surface area (Å²) >= 11 is 0. The van der Waals surface area contributed by atoms with Gasteiger partial charge < -0.3 is 10.2 Å². The number of piperidine rings is 1. The maximum atomic E-state index is 11.0. The lowest BCUT2D eigenvalue weighted by atomic mass is 10.1. The highest BCUT2D eigenvalue weighted by Gasteiger charge is 2.21. The number of anilines is 1. The molecule has 1 aliphatic rings. The molecule has 0 aliphatic carbocycles. The summed E-state index contributed by atoms with van der Waals surface area (Å²) in [6, 6.07) is 1.83. The van der Waals surface area contributed by atoms with Gasteiger partial charge in [-0.05, 0) is 45.5 Å². The van der Waals surface area contributed by atoms with Crippen molar-refractivity contribution >= 4 is 11.5 Å². The third kappa shape index (κ3) is 2.95. The summed E-state index contributed by atoms with van der Waals surface area (Å²) in [4.78, 5) is 17.0. The molecule has 1 saturated heterocycles. The van der Waals surface area contributed by atoms with Crippen LogP contribution >= 0.6 is 0 Å². The molecule has 0 saturated carbocycles. The van der Waals surface area contributed by atoms with Crippen molar-refractivity contribution in [2.75, 3.05) is 25.5 Å². The second-order valence-corrected chi connectivity index (χ2v) is 4.86. The molecule has 0 atom stereocenters. The Morgan fingerprint density at radius 1 is 1.50 bits per heavy atom. The predicted molar refractivity (Wildman–Crippen MR) is 69.8 cm³/mol. The minimum absolute atomic E-state index is 0.0638. The number of likely N-dealkylation sites (tertiary alicyclic amines) is 1. The maximum Gasteiger partial charge on any atom is 0.311 e. The summed E-state index contributed by atoms with van der Waals surface area (Å²) in [5.74, 6) is 0.389. The van der Waals surface area contributed by atoms with E-state index in [1.54, 1.807) is 19.2 Å². The van der Waals surface area contributed by atoms with Crippen LogP contribution in [0.3, 0.4) is 0 Å². The number of nitrogens with zero attached hydrogens (tertiary/aromatic N) is 3. The zero-order chi connectivity index (χ0) is 13.1. The lowest BCUT2D eigenvalue weighted by Crippen LogP contribution is -2.37. The van der Waals surface area contributed by atoms with Gasteiger partial charge in [0.1, 0.15) is 0 Å². The smallest absolute Gasteiger partial charge is 0.311 e. The number of pyridine rings is 1. The SMILES string of the molecule is Cc1cnc(NC2CCN(C)CC2)c([N+](=O)[O-])c1. The zero-order valence-corrected chi connectivity index (χ0v) is 10.7. The molecule has 0 amide bonds. The minimum Gasteiger partial charge on any atom is -0.362 e. The second kappa shape index (κ2) is 5.30. The van der Waals surface area contributed by atoms with Crippen molar-refractivity contribution < 1.29 is 4.92 Å². The van der Waals surface area contributed by atoms with Gasteiger partial charge in [0, 0.05) is 18.3 Å². The number of nitro groups is 1. The molecule has 0 spiro atoms.